The molecule has 4 rings (SSSR count). The minimum Gasteiger partial charge on any atom is -0.274 e. The highest BCUT2D eigenvalue weighted by Gasteiger charge is 2.15. The van der Waals surface area contributed by atoms with Crippen LogP contribution in [0.4, 0.5) is 0 Å². The number of hydrogen-bond acceptors (Lipinski definition) is 3. The number of aromatic nitrogens is 3. The molecule has 0 radical (unpaired) electrons. The first-order valence-corrected chi connectivity index (χ1v) is 11.0. The highest BCUT2D eigenvalue weighted by Crippen LogP contribution is 2.26. The lowest BCUT2D eigenvalue weighted by atomic mass is 10.1. The maximum Gasteiger partial charge on any atom is 0.196 e. The zero-order valence-corrected chi connectivity index (χ0v) is 17.7. The van der Waals surface area contributed by atoms with Crippen LogP contribution < -0.4 is 0 Å². The molecule has 0 atom stereocenters. The van der Waals surface area contributed by atoms with Crippen molar-refractivity contribution < 1.29 is 0 Å². The van der Waals surface area contributed by atoms with E-state index >= 15 is 0 Å². The molecule has 3 aromatic carbocycles. The molecule has 0 saturated heterocycles. The molecule has 0 aliphatic carbocycles. The third-order valence-corrected chi connectivity index (χ3v) is 6.00. The van der Waals surface area contributed by atoms with Crippen LogP contribution in [0.15, 0.2) is 84.0 Å². The zero-order valence-electron chi connectivity index (χ0n) is 16.9. The summed E-state index contributed by atoms with van der Waals surface area (Å²) < 4.78 is 2.20. The Balaban J connectivity index is 1.65. The van der Waals surface area contributed by atoms with Gasteiger partial charge in [-0.3, -0.25) is 4.57 Å². The summed E-state index contributed by atoms with van der Waals surface area (Å²) in [4.78, 5) is 0. The second-order valence-electron chi connectivity index (χ2n) is 7.19. The molecule has 0 amide bonds. The standard InChI is InChI=1S/C25H25N3S/c1-3-20-13-15-23(16-14-20)28-24(17-21-7-5-4-6-8-21)26-27-25(28)29-18-22-11-9-19(2)10-12-22/h4-16H,3,17-18H2,1-2H3. The molecule has 0 saturated carbocycles. The van der Waals surface area contributed by atoms with Gasteiger partial charge in [0.2, 0.25) is 0 Å². The molecular weight excluding hydrogens is 374 g/mol. The highest BCUT2D eigenvalue weighted by molar-refractivity contribution is 7.98. The summed E-state index contributed by atoms with van der Waals surface area (Å²) in [6.45, 7) is 4.29. The van der Waals surface area contributed by atoms with E-state index in [0.29, 0.717) is 0 Å². The van der Waals surface area contributed by atoms with Crippen molar-refractivity contribution in [1.82, 2.24) is 14.8 Å². The zero-order chi connectivity index (χ0) is 20.1. The first-order chi connectivity index (χ1) is 14.2. The largest absolute Gasteiger partial charge is 0.274 e. The molecule has 0 aliphatic heterocycles. The van der Waals surface area contributed by atoms with Crippen molar-refractivity contribution in [1.29, 1.82) is 0 Å². The van der Waals surface area contributed by atoms with Gasteiger partial charge >= 0.3 is 0 Å². The monoisotopic (exact) mass is 399 g/mol. The van der Waals surface area contributed by atoms with Crippen molar-refractivity contribution in [3.8, 4) is 5.69 Å². The molecule has 1 heterocycles. The number of nitrogens with zero attached hydrogens (tertiary/aromatic N) is 3. The molecule has 29 heavy (non-hydrogen) atoms. The van der Waals surface area contributed by atoms with Gasteiger partial charge in [0.15, 0.2) is 5.16 Å². The van der Waals surface area contributed by atoms with Gasteiger partial charge in [-0.2, -0.15) is 0 Å². The average molecular weight is 400 g/mol. The lowest BCUT2D eigenvalue weighted by Crippen LogP contribution is -2.04. The van der Waals surface area contributed by atoms with Gasteiger partial charge in [-0.15, -0.1) is 10.2 Å². The van der Waals surface area contributed by atoms with E-state index in [1.54, 1.807) is 11.8 Å². The van der Waals surface area contributed by atoms with Crippen LogP contribution in [-0.2, 0) is 18.6 Å². The van der Waals surface area contributed by atoms with Gasteiger partial charge in [0.25, 0.3) is 0 Å². The molecule has 1 aromatic heterocycles. The van der Waals surface area contributed by atoms with Crippen LogP contribution in [0.25, 0.3) is 5.69 Å². The lowest BCUT2D eigenvalue weighted by Gasteiger charge is -2.11. The van der Waals surface area contributed by atoms with Gasteiger partial charge in [0, 0.05) is 17.9 Å². The molecular formula is C25H25N3S. The van der Waals surface area contributed by atoms with Crippen molar-refractivity contribution >= 4 is 11.8 Å². The molecule has 146 valence electrons. The van der Waals surface area contributed by atoms with Crippen molar-refractivity contribution in [2.24, 2.45) is 0 Å². The van der Waals surface area contributed by atoms with Crippen LogP contribution in [0.2, 0.25) is 0 Å². The smallest absolute Gasteiger partial charge is 0.196 e. The minimum absolute atomic E-state index is 0.758. The van der Waals surface area contributed by atoms with Crippen molar-refractivity contribution in [2.75, 3.05) is 0 Å². The van der Waals surface area contributed by atoms with E-state index in [4.69, 9.17) is 0 Å². The minimum atomic E-state index is 0.758. The summed E-state index contributed by atoms with van der Waals surface area (Å²) in [6.07, 6.45) is 1.79. The summed E-state index contributed by atoms with van der Waals surface area (Å²) >= 11 is 1.73. The Labute approximate surface area is 176 Å². The van der Waals surface area contributed by atoms with Crippen LogP contribution in [0.5, 0.6) is 0 Å². The Bertz CT molecular complexity index is 1050. The Hall–Kier alpha value is -2.85. The van der Waals surface area contributed by atoms with Crippen LogP contribution in [0.3, 0.4) is 0 Å². The number of hydrogen-bond donors (Lipinski definition) is 0. The number of thioether (sulfide) groups is 1. The Morgan fingerprint density at radius 3 is 2.14 bits per heavy atom. The van der Waals surface area contributed by atoms with Crippen molar-refractivity contribution in [2.45, 2.75) is 37.6 Å². The molecule has 0 spiro atoms. The van der Waals surface area contributed by atoms with E-state index in [2.05, 4.69) is 101 Å². The normalized spacial score (nSPS) is 11.0. The van der Waals surface area contributed by atoms with Gasteiger partial charge in [0.05, 0.1) is 0 Å². The second kappa shape index (κ2) is 9.10. The number of aryl methyl sites for hydroxylation is 2. The highest BCUT2D eigenvalue weighted by atomic mass is 32.2. The first-order valence-electron chi connectivity index (χ1n) is 9.99. The molecule has 4 heteroatoms. The van der Waals surface area contributed by atoms with Gasteiger partial charge in [-0.1, -0.05) is 91.0 Å². The summed E-state index contributed by atoms with van der Waals surface area (Å²) in [5.41, 5.74) is 6.26. The first kappa shape index (κ1) is 19.5. The Morgan fingerprint density at radius 2 is 1.45 bits per heavy atom. The van der Waals surface area contributed by atoms with Crippen molar-refractivity contribution in [3.05, 3.63) is 107 Å². The Morgan fingerprint density at radius 1 is 0.759 bits per heavy atom. The summed E-state index contributed by atoms with van der Waals surface area (Å²) in [5.74, 6) is 1.84. The summed E-state index contributed by atoms with van der Waals surface area (Å²) in [7, 11) is 0. The third kappa shape index (κ3) is 4.77. The maximum absolute atomic E-state index is 4.55. The fourth-order valence-electron chi connectivity index (χ4n) is 3.26. The molecule has 0 N–H and O–H groups in total. The fourth-order valence-corrected chi connectivity index (χ4v) is 4.19. The van der Waals surface area contributed by atoms with Crippen LogP contribution in [-0.4, -0.2) is 14.8 Å². The summed E-state index contributed by atoms with van der Waals surface area (Å²) in [6, 6.07) is 27.9. The predicted molar refractivity (Wildman–Crippen MR) is 121 cm³/mol. The van der Waals surface area contributed by atoms with Gasteiger partial charge in [-0.05, 0) is 42.2 Å². The van der Waals surface area contributed by atoms with Gasteiger partial charge in [-0.25, -0.2) is 0 Å². The van der Waals surface area contributed by atoms with E-state index in [1.165, 1.54) is 22.3 Å². The number of rotatable bonds is 7. The number of benzene rings is 3. The van der Waals surface area contributed by atoms with Gasteiger partial charge < -0.3 is 0 Å². The van der Waals surface area contributed by atoms with Crippen LogP contribution >= 0.6 is 11.8 Å². The SMILES string of the molecule is CCc1ccc(-n2c(Cc3ccccc3)nnc2SCc2ccc(C)cc2)cc1. The van der Waals surface area contributed by atoms with Gasteiger partial charge in [0.1, 0.15) is 5.82 Å². The molecule has 0 aliphatic rings. The molecule has 3 nitrogen and oxygen atoms in total. The fraction of sp³-hybridized carbons (Fsp3) is 0.200. The predicted octanol–water partition coefficient (Wildman–Crippen LogP) is 6.02. The third-order valence-electron chi connectivity index (χ3n) is 5.00. The van der Waals surface area contributed by atoms with E-state index in [0.717, 1.165) is 35.3 Å². The van der Waals surface area contributed by atoms with Crippen LogP contribution in [0, 0.1) is 6.92 Å². The van der Waals surface area contributed by atoms with E-state index < -0.39 is 0 Å². The van der Waals surface area contributed by atoms with E-state index in [-0.39, 0.29) is 0 Å². The van der Waals surface area contributed by atoms with Crippen molar-refractivity contribution in [3.63, 3.8) is 0 Å². The molecule has 0 bridgehead atoms. The molecule has 0 unspecified atom stereocenters. The molecule has 0 fully saturated rings. The summed E-state index contributed by atoms with van der Waals surface area (Å²) in [5, 5.41) is 10.0. The van der Waals surface area contributed by atoms with Crippen LogP contribution in [0.1, 0.15) is 35.0 Å². The molecule has 4 aromatic rings. The average Bonchev–Trinajstić information content (AvgIpc) is 3.16. The van der Waals surface area contributed by atoms with E-state index in [1.807, 2.05) is 6.07 Å². The van der Waals surface area contributed by atoms with E-state index in [9.17, 15) is 0 Å². The maximum atomic E-state index is 4.55. The lowest BCUT2D eigenvalue weighted by molar-refractivity contribution is 0.846. The second-order valence-corrected chi connectivity index (χ2v) is 8.13. The Kier molecular flexibility index (Phi) is 6.11. The quantitative estimate of drug-likeness (QED) is 0.356. The topological polar surface area (TPSA) is 30.7 Å².